The van der Waals surface area contributed by atoms with Crippen LogP contribution in [0.15, 0.2) is 24.3 Å². The molecule has 0 fully saturated rings. The van der Waals surface area contributed by atoms with Crippen molar-refractivity contribution in [1.82, 2.24) is 5.32 Å². The Labute approximate surface area is 111 Å². The van der Waals surface area contributed by atoms with Gasteiger partial charge in [0.2, 0.25) is 5.91 Å². The lowest BCUT2D eigenvalue weighted by molar-refractivity contribution is 0.0927. The number of rotatable bonds is 5. The molecular weight excluding hydrogens is 268 g/mol. The first-order chi connectivity index (χ1) is 8.70. The maximum Gasteiger partial charge on any atom is 0.252 e. The van der Waals surface area contributed by atoms with Crippen LogP contribution in [0, 0.1) is 0 Å². The molecule has 0 aliphatic carbocycles. The molecule has 0 spiro atoms. The van der Waals surface area contributed by atoms with E-state index in [1.54, 1.807) is 19.1 Å². The Bertz CT molecular complexity index is 596. The molecule has 0 saturated heterocycles. The lowest BCUT2D eigenvalue weighted by Crippen LogP contribution is -2.38. The van der Waals surface area contributed by atoms with E-state index < -0.39 is 27.7 Å². The molecule has 6 nitrogen and oxygen atoms in total. The highest BCUT2D eigenvalue weighted by atomic mass is 32.2. The van der Waals surface area contributed by atoms with Crippen molar-refractivity contribution in [3.8, 4) is 0 Å². The number of carbonyl (C=O) groups is 2. The van der Waals surface area contributed by atoms with E-state index >= 15 is 0 Å². The first kappa shape index (κ1) is 15.2. The van der Waals surface area contributed by atoms with E-state index in [0.717, 1.165) is 6.26 Å². The molecule has 104 valence electrons. The summed E-state index contributed by atoms with van der Waals surface area (Å²) < 4.78 is 22.2. The number of nitrogens with one attached hydrogen (secondary N) is 1. The minimum absolute atomic E-state index is 0.103. The first-order valence-electron chi connectivity index (χ1n) is 5.58. The van der Waals surface area contributed by atoms with E-state index in [4.69, 9.17) is 5.73 Å². The third-order valence-corrected chi connectivity index (χ3v) is 3.47. The fourth-order valence-corrected chi connectivity index (χ4v) is 2.68. The highest BCUT2D eigenvalue weighted by Gasteiger charge is 2.18. The second-order valence-electron chi connectivity index (χ2n) is 4.38. The van der Waals surface area contributed by atoms with Crippen LogP contribution in [0.25, 0.3) is 0 Å². The zero-order valence-electron chi connectivity index (χ0n) is 10.7. The molecule has 0 aromatic heterocycles. The minimum atomic E-state index is -3.18. The number of primary amides is 1. The number of nitrogens with two attached hydrogens (primary N) is 1. The molecule has 1 aromatic carbocycles. The van der Waals surface area contributed by atoms with Gasteiger partial charge in [-0.2, -0.15) is 0 Å². The van der Waals surface area contributed by atoms with Gasteiger partial charge in [0.25, 0.3) is 5.91 Å². The zero-order valence-corrected chi connectivity index (χ0v) is 11.5. The largest absolute Gasteiger partial charge is 0.366 e. The molecule has 3 N–H and O–H groups in total. The van der Waals surface area contributed by atoms with Crippen LogP contribution in [-0.4, -0.2) is 38.3 Å². The molecule has 0 heterocycles. The van der Waals surface area contributed by atoms with Gasteiger partial charge in [-0.05, 0) is 19.1 Å². The van der Waals surface area contributed by atoms with Gasteiger partial charge >= 0.3 is 0 Å². The summed E-state index contributed by atoms with van der Waals surface area (Å²) in [5.74, 6) is -1.40. The lowest BCUT2D eigenvalue weighted by Gasteiger charge is -2.14. The van der Waals surface area contributed by atoms with Crippen molar-refractivity contribution in [3.05, 3.63) is 35.4 Å². The Morgan fingerprint density at radius 1 is 1.26 bits per heavy atom. The van der Waals surface area contributed by atoms with Crippen molar-refractivity contribution in [2.75, 3.05) is 12.0 Å². The number of carbonyl (C=O) groups excluding carboxylic acids is 2. The quantitative estimate of drug-likeness (QED) is 0.790. The molecule has 0 saturated carbocycles. The van der Waals surface area contributed by atoms with E-state index in [-0.39, 0.29) is 16.9 Å². The molecule has 2 amide bonds. The second kappa shape index (κ2) is 5.83. The van der Waals surface area contributed by atoms with Crippen LogP contribution in [0.3, 0.4) is 0 Å². The van der Waals surface area contributed by atoms with Gasteiger partial charge in [0.15, 0.2) is 0 Å². The Kier molecular flexibility index (Phi) is 4.66. The maximum atomic E-state index is 12.0. The van der Waals surface area contributed by atoms with Crippen LogP contribution in [0.2, 0.25) is 0 Å². The highest BCUT2D eigenvalue weighted by molar-refractivity contribution is 7.90. The zero-order chi connectivity index (χ0) is 14.6. The van der Waals surface area contributed by atoms with Crippen LogP contribution in [0.5, 0.6) is 0 Å². The Morgan fingerprint density at radius 2 is 1.79 bits per heavy atom. The SMILES string of the molecule is CC(CS(C)(=O)=O)NC(=O)c1ccccc1C(N)=O. The minimum Gasteiger partial charge on any atom is -0.366 e. The van der Waals surface area contributed by atoms with Crippen molar-refractivity contribution in [2.24, 2.45) is 5.73 Å². The Morgan fingerprint density at radius 3 is 2.26 bits per heavy atom. The first-order valence-corrected chi connectivity index (χ1v) is 7.64. The van der Waals surface area contributed by atoms with Gasteiger partial charge in [-0.25, -0.2) is 8.42 Å². The van der Waals surface area contributed by atoms with Gasteiger partial charge < -0.3 is 11.1 Å². The highest BCUT2D eigenvalue weighted by Crippen LogP contribution is 2.08. The van der Waals surface area contributed by atoms with Crippen molar-refractivity contribution in [2.45, 2.75) is 13.0 Å². The van der Waals surface area contributed by atoms with E-state index in [9.17, 15) is 18.0 Å². The molecule has 1 rings (SSSR count). The summed E-state index contributed by atoms with van der Waals surface area (Å²) in [5, 5.41) is 2.52. The van der Waals surface area contributed by atoms with Crippen molar-refractivity contribution in [3.63, 3.8) is 0 Å². The predicted octanol–water partition coefficient (Wildman–Crippen LogP) is -0.0516. The van der Waals surface area contributed by atoms with E-state index in [1.807, 2.05) is 0 Å². The Balaban J connectivity index is 2.87. The fraction of sp³-hybridized carbons (Fsp3) is 0.333. The lowest BCUT2D eigenvalue weighted by atomic mass is 10.1. The number of sulfone groups is 1. The molecule has 7 heteroatoms. The third-order valence-electron chi connectivity index (χ3n) is 2.37. The average molecular weight is 284 g/mol. The number of benzene rings is 1. The molecule has 1 aromatic rings. The van der Waals surface area contributed by atoms with Gasteiger partial charge in [-0.1, -0.05) is 12.1 Å². The molecule has 0 radical (unpaired) electrons. The van der Waals surface area contributed by atoms with E-state index in [0.29, 0.717) is 0 Å². The van der Waals surface area contributed by atoms with Gasteiger partial charge in [0.05, 0.1) is 16.9 Å². The monoisotopic (exact) mass is 284 g/mol. The predicted molar refractivity (Wildman–Crippen MR) is 71.6 cm³/mol. The van der Waals surface area contributed by atoms with Crippen LogP contribution in [0.4, 0.5) is 0 Å². The van der Waals surface area contributed by atoms with Crippen LogP contribution >= 0.6 is 0 Å². The van der Waals surface area contributed by atoms with Crippen LogP contribution in [-0.2, 0) is 9.84 Å². The third kappa shape index (κ3) is 4.70. The van der Waals surface area contributed by atoms with Gasteiger partial charge in [0.1, 0.15) is 9.84 Å². The fourth-order valence-electron chi connectivity index (χ4n) is 1.69. The van der Waals surface area contributed by atoms with Gasteiger partial charge in [-0.3, -0.25) is 9.59 Å². The normalized spacial score (nSPS) is 12.7. The van der Waals surface area contributed by atoms with Gasteiger partial charge in [-0.15, -0.1) is 0 Å². The van der Waals surface area contributed by atoms with Crippen LogP contribution in [0.1, 0.15) is 27.6 Å². The summed E-state index contributed by atoms with van der Waals surface area (Å²) in [5.41, 5.74) is 5.41. The summed E-state index contributed by atoms with van der Waals surface area (Å²) in [6, 6.07) is 5.55. The molecule has 19 heavy (non-hydrogen) atoms. The van der Waals surface area contributed by atoms with E-state index in [1.165, 1.54) is 12.1 Å². The van der Waals surface area contributed by atoms with Crippen molar-refractivity contribution >= 4 is 21.7 Å². The smallest absolute Gasteiger partial charge is 0.252 e. The van der Waals surface area contributed by atoms with E-state index in [2.05, 4.69) is 5.32 Å². The average Bonchev–Trinajstić information content (AvgIpc) is 2.26. The molecule has 1 atom stereocenters. The summed E-state index contributed by atoms with van der Waals surface area (Å²) >= 11 is 0. The molecular formula is C12H16N2O4S. The van der Waals surface area contributed by atoms with Crippen molar-refractivity contribution in [1.29, 1.82) is 0 Å². The second-order valence-corrected chi connectivity index (χ2v) is 6.56. The summed E-state index contributed by atoms with van der Waals surface area (Å²) in [7, 11) is -3.18. The summed E-state index contributed by atoms with van der Waals surface area (Å²) in [6.07, 6.45) is 1.09. The molecule has 0 bridgehead atoms. The molecule has 1 unspecified atom stereocenters. The van der Waals surface area contributed by atoms with Crippen LogP contribution < -0.4 is 11.1 Å². The number of hydrogen-bond donors (Lipinski definition) is 2. The summed E-state index contributed by atoms with van der Waals surface area (Å²) in [6.45, 7) is 1.58. The maximum absolute atomic E-state index is 12.0. The standard InChI is InChI=1S/C12H16N2O4S/c1-8(7-19(2,17)18)14-12(16)10-6-4-3-5-9(10)11(13)15/h3-6,8H,7H2,1-2H3,(H2,13,15)(H,14,16). The van der Waals surface area contributed by atoms with Gasteiger partial charge in [0, 0.05) is 12.3 Å². The Hall–Kier alpha value is -1.89. The number of amides is 2. The number of hydrogen-bond acceptors (Lipinski definition) is 4. The molecule has 0 aliphatic rings. The molecule has 0 aliphatic heterocycles. The van der Waals surface area contributed by atoms with Crippen molar-refractivity contribution < 1.29 is 18.0 Å². The summed E-state index contributed by atoms with van der Waals surface area (Å²) in [4.78, 5) is 23.1. The topological polar surface area (TPSA) is 106 Å².